The fourth-order valence-corrected chi connectivity index (χ4v) is 2.76. The monoisotopic (exact) mass is 304 g/mol. The Bertz CT molecular complexity index is 747. The molecule has 2 aromatic carbocycles. The first-order chi connectivity index (χ1) is 11.1. The van der Waals surface area contributed by atoms with E-state index in [4.69, 9.17) is 0 Å². The SMILES string of the molecule is CCN(CC)c1ccc(/C=C(\C#N)c2cccc(C)c2)c(C)c1. The average molecular weight is 304 g/mol. The zero-order valence-corrected chi connectivity index (χ0v) is 14.4. The molecule has 0 amide bonds. The third-order valence-corrected chi connectivity index (χ3v) is 4.13. The largest absolute Gasteiger partial charge is 0.372 e. The van der Waals surface area contributed by atoms with Crippen LogP contribution in [0.4, 0.5) is 5.69 Å². The summed E-state index contributed by atoms with van der Waals surface area (Å²) in [5.74, 6) is 0. The summed E-state index contributed by atoms with van der Waals surface area (Å²) in [5, 5.41) is 9.51. The van der Waals surface area contributed by atoms with Crippen LogP contribution in [0.15, 0.2) is 42.5 Å². The van der Waals surface area contributed by atoms with Crippen LogP contribution in [0.2, 0.25) is 0 Å². The predicted molar refractivity (Wildman–Crippen MR) is 99.4 cm³/mol. The Morgan fingerprint density at radius 3 is 2.39 bits per heavy atom. The van der Waals surface area contributed by atoms with Gasteiger partial charge in [0, 0.05) is 18.8 Å². The van der Waals surface area contributed by atoms with Gasteiger partial charge in [-0.25, -0.2) is 0 Å². The maximum atomic E-state index is 9.51. The van der Waals surface area contributed by atoms with Crippen molar-refractivity contribution in [2.24, 2.45) is 0 Å². The molecule has 23 heavy (non-hydrogen) atoms. The Labute approximate surface area is 139 Å². The highest BCUT2D eigenvalue weighted by Gasteiger charge is 2.06. The summed E-state index contributed by atoms with van der Waals surface area (Å²) in [6, 6.07) is 16.8. The lowest BCUT2D eigenvalue weighted by Crippen LogP contribution is -2.21. The topological polar surface area (TPSA) is 27.0 Å². The molecular weight excluding hydrogens is 280 g/mol. The van der Waals surface area contributed by atoms with Gasteiger partial charge in [-0.3, -0.25) is 0 Å². The van der Waals surface area contributed by atoms with Crippen LogP contribution in [0, 0.1) is 25.2 Å². The fourth-order valence-electron chi connectivity index (χ4n) is 2.76. The first-order valence-corrected chi connectivity index (χ1v) is 8.13. The van der Waals surface area contributed by atoms with Crippen molar-refractivity contribution >= 4 is 17.3 Å². The lowest BCUT2D eigenvalue weighted by Gasteiger charge is -2.21. The van der Waals surface area contributed by atoms with Crippen LogP contribution in [-0.2, 0) is 0 Å². The number of hydrogen-bond acceptors (Lipinski definition) is 2. The van der Waals surface area contributed by atoms with E-state index in [2.05, 4.69) is 56.0 Å². The third kappa shape index (κ3) is 4.02. The molecule has 0 N–H and O–H groups in total. The Balaban J connectivity index is 2.39. The van der Waals surface area contributed by atoms with Crippen molar-refractivity contribution in [3.63, 3.8) is 0 Å². The van der Waals surface area contributed by atoms with Crippen LogP contribution in [-0.4, -0.2) is 13.1 Å². The molecule has 0 aliphatic carbocycles. The summed E-state index contributed by atoms with van der Waals surface area (Å²) in [6.07, 6.45) is 1.98. The zero-order valence-electron chi connectivity index (χ0n) is 14.4. The molecule has 0 aromatic heterocycles. The lowest BCUT2D eigenvalue weighted by molar-refractivity contribution is 0.865. The minimum atomic E-state index is 0.701. The second-order valence-corrected chi connectivity index (χ2v) is 5.75. The number of rotatable bonds is 5. The van der Waals surface area contributed by atoms with Crippen LogP contribution in [0.25, 0.3) is 11.6 Å². The summed E-state index contributed by atoms with van der Waals surface area (Å²) in [4.78, 5) is 2.33. The van der Waals surface area contributed by atoms with E-state index in [-0.39, 0.29) is 0 Å². The van der Waals surface area contributed by atoms with E-state index in [0.29, 0.717) is 5.57 Å². The third-order valence-electron chi connectivity index (χ3n) is 4.13. The van der Waals surface area contributed by atoms with Gasteiger partial charge in [0.2, 0.25) is 0 Å². The van der Waals surface area contributed by atoms with E-state index in [0.717, 1.165) is 29.8 Å². The summed E-state index contributed by atoms with van der Waals surface area (Å²) in [5.41, 5.74) is 6.36. The highest BCUT2D eigenvalue weighted by atomic mass is 15.1. The van der Waals surface area contributed by atoms with Crippen LogP contribution in [0.3, 0.4) is 0 Å². The summed E-state index contributed by atoms with van der Waals surface area (Å²) in [7, 11) is 0. The molecule has 0 heterocycles. The van der Waals surface area contributed by atoms with Crippen molar-refractivity contribution in [2.45, 2.75) is 27.7 Å². The fraction of sp³-hybridized carbons (Fsp3) is 0.286. The normalized spacial score (nSPS) is 11.2. The van der Waals surface area contributed by atoms with Gasteiger partial charge in [0.05, 0.1) is 11.6 Å². The van der Waals surface area contributed by atoms with Gasteiger partial charge in [-0.05, 0) is 62.6 Å². The van der Waals surface area contributed by atoms with Crippen molar-refractivity contribution < 1.29 is 0 Å². The molecule has 0 aliphatic heterocycles. The first-order valence-electron chi connectivity index (χ1n) is 8.13. The van der Waals surface area contributed by atoms with Gasteiger partial charge >= 0.3 is 0 Å². The second-order valence-electron chi connectivity index (χ2n) is 5.75. The Kier molecular flexibility index (Phi) is 5.60. The van der Waals surface area contributed by atoms with Gasteiger partial charge in [0.25, 0.3) is 0 Å². The molecule has 2 rings (SSSR count). The Morgan fingerprint density at radius 1 is 1.09 bits per heavy atom. The standard InChI is InChI=1S/C21H24N2/c1-5-23(6-2)21-11-10-18(17(4)13-21)14-20(15-22)19-9-7-8-16(3)12-19/h7-14H,5-6H2,1-4H3/b20-14+. The number of anilines is 1. The quantitative estimate of drug-likeness (QED) is 0.560. The van der Waals surface area contributed by atoms with Crippen molar-refractivity contribution in [3.8, 4) is 6.07 Å². The highest BCUT2D eigenvalue weighted by Crippen LogP contribution is 2.24. The Hall–Kier alpha value is -2.53. The predicted octanol–water partition coefficient (Wildman–Crippen LogP) is 5.21. The molecular formula is C21H24N2. The maximum absolute atomic E-state index is 9.51. The molecule has 2 nitrogen and oxygen atoms in total. The minimum Gasteiger partial charge on any atom is -0.372 e. The van der Waals surface area contributed by atoms with Crippen molar-refractivity contribution in [3.05, 3.63) is 64.7 Å². The molecule has 0 aliphatic rings. The number of allylic oxidation sites excluding steroid dienone is 1. The maximum Gasteiger partial charge on any atom is 0.0998 e. The molecule has 2 aromatic rings. The molecule has 118 valence electrons. The highest BCUT2D eigenvalue weighted by molar-refractivity contribution is 5.90. The molecule has 0 saturated heterocycles. The first kappa shape index (κ1) is 16.8. The zero-order chi connectivity index (χ0) is 16.8. The van der Waals surface area contributed by atoms with Crippen molar-refractivity contribution in [2.75, 3.05) is 18.0 Å². The molecule has 0 saturated carbocycles. The summed E-state index contributed by atoms with van der Waals surface area (Å²) < 4.78 is 0. The molecule has 0 bridgehead atoms. The van der Waals surface area contributed by atoms with Gasteiger partial charge in [0.1, 0.15) is 0 Å². The van der Waals surface area contributed by atoms with E-state index in [1.54, 1.807) is 0 Å². The van der Waals surface area contributed by atoms with Crippen LogP contribution < -0.4 is 4.90 Å². The molecule has 0 unspecified atom stereocenters. The lowest BCUT2D eigenvalue weighted by atomic mass is 9.99. The van der Waals surface area contributed by atoms with E-state index in [1.807, 2.05) is 31.2 Å². The average Bonchev–Trinajstić information content (AvgIpc) is 2.55. The van der Waals surface area contributed by atoms with Gasteiger partial charge < -0.3 is 4.90 Å². The summed E-state index contributed by atoms with van der Waals surface area (Å²) in [6.45, 7) is 10.5. The number of aryl methyl sites for hydroxylation is 2. The molecule has 0 fully saturated rings. The van der Waals surface area contributed by atoms with Crippen LogP contribution in [0.5, 0.6) is 0 Å². The van der Waals surface area contributed by atoms with Crippen LogP contribution in [0.1, 0.15) is 36.1 Å². The van der Waals surface area contributed by atoms with E-state index >= 15 is 0 Å². The van der Waals surface area contributed by atoms with E-state index in [9.17, 15) is 5.26 Å². The number of nitrogens with zero attached hydrogens (tertiary/aromatic N) is 2. The van der Waals surface area contributed by atoms with Crippen molar-refractivity contribution in [1.29, 1.82) is 5.26 Å². The van der Waals surface area contributed by atoms with E-state index in [1.165, 1.54) is 11.3 Å². The second kappa shape index (κ2) is 7.65. The molecule has 2 heteroatoms. The number of hydrogen-bond donors (Lipinski definition) is 0. The van der Waals surface area contributed by atoms with E-state index < -0.39 is 0 Å². The number of benzene rings is 2. The molecule has 0 radical (unpaired) electrons. The van der Waals surface area contributed by atoms with Gasteiger partial charge in [0.15, 0.2) is 0 Å². The van der Waals surface area contributed by atoms with Gasteiger partial charge in [-0.1, -0.05) is 35.9 Å². The van der Waals surface area contributed by atoms with Gasteiger partial charge in [-0.2, -0.15) is 5.26 Å². The number of nitriles is 1. The Morgan fingerprint density at radius 2 is 1.83 bits per heavy atom. The van der Waals surface area contributed by atoms with Crippen LogP contribution >= 0.6 is 0 Å². The van der Waals surface area contributed by atoms with Gasteiger partial charge in [-0.15, -0.1) is 0 Å². The minimum absolute atomic E-state index is 0.701. The summed E-state index contributed by atoms with van der Waals surface area (Å²) >= 11 is 0. The smallest absolute Gasteiger partial charge is 0.0998 e. The molecule has 0 spiro atoms. The molecule has 0 atom stereocenters. The van der Waals surface area contributed by atoms with Crippen molar-refractivity contribution in [1.82, 2.24) is 0 Å².